The quantitative estimate of drug-likeness (QED) is 0.837. The Morgan fingerprint density at radius 2 is 2.19 bits per heavy atom. The van der Waals surface area contributed by atoms with Crippen LogP contribution >= 0.6 is 0 Å². The molecule has 16 heavy (non-hydrogen) atoms. The van der Waals surface area contributed by atoms with Gasteiger partial charge in [-0.25, -0.2) is 4.98 Å². The summed E-state index contributed by atoms with van der Waals surface area (Å²) in [4.78, 5) is 4.32. The Bertz CT molecular complexity index is 467. The Hall–Kier alpha value is -1.75. The Morgan fingerprint density at radius 3 is 2.94 bits per heavy atom. The fourth-order valence-corrected chi connectivity index (χ4v) is 1.37. The standard InChI is InChI=1S/C11H14N4O/c1-8-4-2-5-9(13-8)11-15-14-10(16-11)6-3-7-12/h2,4-5H,3,6-7,12H2,1H3. The smallest absolute Gasteiger partial charge is 0.266 e. The maximum atomic E-state index is 5.49. The van der Waals surface area contributed by atoms with Gasteiger partial charge in [0.25, 0.3) is 5.89 Å². The number of hydrogen-bond donors (Lipinski definition) is 1. The van der Waals surface area contributed by atoms with Gasteiger partial charge in [0.15, 0.2) is 0 Å². The molecule has 0 bridgehead atoms. The van der Waals surface area contributed by atoms with E-state index in [1.54, 1.807) is 0 Å². The van der Waals surface area contributed by atoms with E-state index in [0.717, 1.165) is 18.5 Å². The molecule has 2 heterocycles. The molecule has 5 heteroatoms. The first-order chi connectivity index (χ1) is 7.79. The van der Waals surface area contributed by atoms with Gasteiger partial charge in [0, 0.05) is 12.1 Å². The van der Waals surface area contributed by atoms with Crippen molar-refractivity contribution in [2.24, 2.45) is 5.73 Å². The van der Waals surface area contributed by atoms with Gasteiger partial charge in [-0.05, 0) is 32.0 Å². The third-order valence-electron chi connectivity index (χ3n) is 2.17. The van der Waals surface area contributed by atoms with E-state index in [9.17, 15) is 0 Å². The normalized spacial score (nSPS) is 10.6. The highest BCUT2D eigenvalue weighted by molar-refractivity contribution is 5.45. The largest absolute Gasteiger partial charge is 0.419 e. The van der Waals surface area contributed by atoms with E-state index in [1.807, 2.05) is 25.1 Å². The zero-order chi connectivity index (χ0) is 11.4. The summed E-state index contributed by atoms with van der Waals surface area (Å²) in [5.41, 5.74) is 7.06. The second kappa shape index (κ2) is 4.85. The van der Waals surface area contributed by atoms with Crippen LogP contribution in [0.15, 0.2) is 22.6 Å². The molecule has 0 saturated heterocycles. The molecule has 0 spiro atoms. The second-order valence-corrected chi connectivity index (χ2v) is 3.56. The summed E-state index contributed by atoms with van der Waals surface area (Å²) in [7, 11) is 0. The van der Waals surface area contributed by atoms with Gasteiger partial charge in [-0.15, -0.1) is 10.2 Å². The molecule has 0 saturated carbocycles. The van der Waals surface area contributed by atoms with Crippen molar-refractivity contribution >= 4 is 0 Å². The molecule has 2 aromatic rings. The topological polar surface area (TPSA) is 77.8 Å². The van der Waals surface area contributed by atoms with E-state index in [0.29, 0.717) is 24.0 Å². The zero-order valence-electron chi connectivity index (χ0n) is 9.18. The molecule has 0 aliphatic carbocycles. The average molecular weight is 218 g/mol. The summed E-state index contributed by atoms with van der Waals surface area (Å²) in [5, 5.41) is 7.91. The highest BCUT2D eigenvalue weighted by Crippen LogP contribution is 2.15. The van der Waals surface area contributed by atoms with Gasteiger partial charge in [0.1, 0.15) is 5.69 Å². The van der Waals surface area contributed by atoms with Crippen molar-refractivity contribution in [1.29, 1.82) is 0 Å². The lowest BCUT2D eigenvalue weighted by atomic mass is 10.3. The molecule has 0 radical (unpaired) electrons. The van der Waals surface area contributed by atoms with Gasteiger partial charge in [0.2, 0.25) is 5.89 Å². The predicted molar refractivity (Wildman–Crippen MR) is 59.6 cm³/mol. The van der Waals surface area contributed by atoms with Crippen molar-refractivity contribution in [2.75, 3.05) is 6.54 Å². The van der Waals surface area contributed by atoms with Gasteiger partial charge in [-0.1, -0.05) is 6.07 Å². The van der Waals surface area contributed by atoms with E-state index in [1.165, 1.54) is 0 Å². The first-order valence-corrected chi connectivity index (χ1v) is 5.26. The number of nitrogens with zero attached hydrogens (tertiary/aromatic N) is 3. The van der Waals surface area contributed by atoms with Crippen LogP contribution in [-0.4, -0.2) is 21.7 Å². The van der Waals surface area contributed by atoms with Crippen molar-refractivity contribution in [3.8, 4) is 11.6 Å². The first-order valence-electron chi connectivity index (χ1n) is 5.26. The lowest BCUT2D eigenvalue weighted by Crippen LogP contribution is -2.00. The Balaban J connectivity index is 2.18. The lowest BCUT2D eigenvalue weighted by Gasteiger charge is -1.95. The van der Waals surface area contributed by atoms with E-state index in [2.05, 4.69) is 15.2 Å². The molecule has 0 aromatic carbocycles. The fraction of sp³-hybridized carbons (Fsp3) is 0.364. The molecule has 0 aliphatic rings. The molecule has 5 nitrogen and oxygen atoms in total. The van der Waals surface area contributed by atoms with Crippen molar-refractivity contribution in [3.63, 3.8) is 0 Å². The Kier molecular flexibility index (Phi) is 3.26. The van der Waals surface area contributed by atoms with E-state index < -0.39 is 0 Å². The molecule has 2 N–H and O–H groups in total. The van der Waals surface area contributed by atoms with Crippen LogP contribution in [0, 0.1) is 6.92 Å². The molecule has 2 rings (SSSR count). The molecule has 0 amide bonds. The van der Waals surface area contributed by atoms with Gasteiger partial charge in [-0.2, -0.15) is 0 Å². The minimum Gasteiger partial charge on any atom is -0.419 e. The van der Waals surface area contributed by atoms with E-state index >= 15 is 0 Å². The van der Waals surface area contributed by atoms with Gasteiger partial charge >= 0.3 is 0 Å². The number of aromatic nitrogens is 3. The van der Waals surface area contributed by atoms with Gasteiger partial charge in [0.05, 0.1) is 0 Å². The molecule has 84 valence electrons. The molecular formula is C11H14N4O. The molecular weight excluding hydrogens is 204 g/mol. The molecule has 0 atom stereocenters. The minimum absolute atomic E-state index is 0.468. The third kappa shape index (κ3) is 2.43. The highest BCUT2D eigenvalue weighted by atomic mass is 16.4. The summed E-state index contributed by atoms with van der Waals surface area (Å²) >= 11 is 0. The van der Waals surface area contributed by atoms with Crippen molar-refractivity contribution in [2.45, 2.75) is 19.8 Å². The van der Waals surface area contributed by atoms with Crippen LogP contribution < -0.4 is 5.73 Å². The summed E-state index contributed by atoms with van der Waals surface area (Å²) in [6.07, 6.45) is 1.57. The van der Waals surface area contributed by atoms with E-state index in [4.69, 9.17) is 10.2 Å². The molecule has 2 aromatic heterocycles. The number of nitrogens with two attached hydrogens (primary N) is 1. The van der Waals surface area contributed by atoms with Crippen molar-refractivity contribution < 1.29 is 4.42 Å². The monoisotopic (exact) mass is 218 g/mol. The zero-order valence-corrected chi connectivity index (χ0v) is 9.18. The minimum atomic E-state index is 0.468. The number of pyridine rings is 1. The number of rotatable bonds is 4. The molecule has 0 fully saturated rings. The number of hydrogen-bond acceptors (Lipinski definition) is 5. The summed E-state index contributed by atoms with van der Waals surface area (Å²) in [6, 6.07) is 5.70. The predicted octanol–water partition coefficient (Wildman–Crippen LogP) is 1.33. The average Bonchev–Trinajstić information content (AvgIpc) is 2.75. The first kappa shape index (κ1) is 10.8. The fourth-order valence-electron chi connectivity index (χ4n) is 1.37. The molecule has 0 unspecified atom stereocenters. The molecule has 0 aliphatic heterocycles. The SMILES string of the molecule is Cc1cccc(-c2nnc(CCCN)o2)n1. The summed E-state index contributed by atoms with van der Waals surface area (Å²) in [6.45, 7) is 2.55. The summed E-state index contributed by atoms with van der Waals surface area (Å²) < 4.78 is 5.49. The van der Waals surface area contributed by atoms with Gasteiger partial charge in [-0.3, -0.25) is 0 Å². The maximum Gasteiger partial charge on any atom is 0.266 e. The lowest BCUT2D eigenvalue weighted by molar-refractivity contribution is 0.497. The van der Waals surface area contributed by atoms with Crippen LogP contribution in [0.25, 0.3) is 11.6 Å². The van der Waals surface area contributed by atoms with Crippen LogP contribution in [0.2, 0.25) is 0 Å². The van der Waals surface area contributed by atoms with Crippen LogP contribution in [0.4, 0.5) is 0 Å². The van der Waals surface area contributed by atoms with Crippen LogP contribution in [0.1, 0.15) is 18.0 Å². The van der Waals surface area contributed by atoms with Crippen molar-refractivity contribution in [3.05, 3.63) is 29.8 Å². The highest BCUT2D eigenvalue weighted by Gasteiger charge is 2.08. The Labute approximate surface area is 93.7 Å². The second-order valence-electron chi connectivity index (χ2n) is 3.56. The van der Waals surface area contributed by atoms with Crippen LogP contribution in [0.3, 0.4) is 0 Å². The third-order valence-corrected chi connectivity index (χ3v) is 2.17. The van der Waals surface area contributed by atoms with Gasteiger partial charge < -0.3 is 10.2 Å². The Morgan fingerprint density at radius 1 is 1.31 bits per heavy atom. The van der Waals surface area contributed by atoms with E-state index in [-0.39, 0.29) is 0 Å². The summed E-state index contributed by atoms with van der Waals surface area (Å²) in [5.74, 6) is 1.08. The van der Waals surface area contributed by atoms with Crippen molar-refractivity contribution in [1.82, 2.24) is 15.2 Å². The van der Waals surface area contributed by atoms with Crippen LogP contribution in [0.5, 0.6) is 0 Å². The van der Waals surface area contributed by atoms with Crippen LogP contribution in [-0.2, 0) is 6.42 Å². The number of aryl methyl sites for hydroxylation is 2. The maximum absolute atomic E-state index is 5.49.